The zero-order valence-corrected chi connectivity index (χ0v) is 7.76. The fourth-order valence-electron chi connectivity index (χ4n) is 4.98. The van der Waals surface area contributed by atoms with Crippen molar-refractivity contribution in [2.24, 2.45) is 35.5 Å². The van der Waals surface area contributed by atoms with Gasteiger partial charge < -0.3 is 5.11 Å². The summed E-state index contributed by atoms with van der Waals surface area (Å²) in [5.41, 5.74) is 0. The highest BCUT2D eigenvalue weighted by Crippen LogP contribution is 2.65. The molecule has 0 amide bonds. The van der Waals surface area contributed by atoms with Crippen molar-refractivity contribution in [3.8, 4) is 0 Å². The summed E-state index contributed by atoms with van der Waals surface area (Å²) in [6, 6.07) is 0. The summed E-state index contributed by atoms with van der Waals surface area (Å²) >= 11 is 0. The van der Waals surface area contributed by atoms with Crippen LogP contribution in [0.15, 0.2) is 12.2 Å². The first-order valence-electron chi connectivity index (χ1n) is 5.71. The molecule has 0 aromatic heterocycles. The van der Waals surface area contributed by atoms with E-state index in [1.807, 2.05) is 0 Å². The number of hydrogen-bond acceptors (Lipinski definition) is 1. The van der Waals surface area contributed by atoms with Crippen LogP contribution in [0, 0.1) is 35.5 Å². The van der Waals surface area contributed by atoms with E-state index in [9.17, 15) is 5.11 Å². The van der Waals surface area contributed by atoms with E-state index in [0.717, 1.165) is 36.0 Å². The molecule has 0 radical (unpaired) electrons. The molecule has 0 aromatic carbocycles. The van der Waals surface area contributed by atoms with E-state index >= 15 is 0 Å². The minimum atomic E-state index is 0.0546. The molecular formula is C12H16O. The molecule has 0 heterocycles. The van der Waals surface area contributed by atoms with Gasteiger partial charge in [0.05, 0.1) is 6.10 Å². The molecule has 0 saturated heterocycles. The molecule has 0 aliphatic heterocycles. The van der Waals surface area contributed by atoms with Gasteiger partial charge in [-0.1, -0.05) is 12.2 Å². The summed E-state index contributed by atoms with van der Waals surface area (Å²) in [5, 5.41) is 9.87. The summed E-state index contributed by atoms with van der Waals surface area (Å²) in [7, 11) is 0. The van der Waals surface area contributed by atoms with E-state index in [2.05, 4.69) is 12.2 Å². The van der Waals surface area contributed by atoms with Crippen LogP contribution in [-0.2, 0) is 0 Å². The number of allylic oxidation sites excluding steroid dienone is 2. The first-order valence-corrected chi connectivity index (χ1v) is 5.71. The van der Waals surface area contributed by atoms with Gasteiger partial charge >= 0.3 is 0 Å². The Balaban J connectivity index is 1.79. The summed E-state index contributed by atoms with van der Waals surface area (Å²) in [6.07, 6.45) is 8.81. The fraction of sp³-hybridized carbons (Fsp3) is 0.833. The van der Waals surface area contributed by atoms with Crippen LogP contribution in [-0.4, -0.2) is 11.2 Å². The van der Waals surface area contributed by atoms with Gasteiger partial charge in [-0.05, 0) is 54.8 Å². The maximum Gasteiger partial charge on any atom is 0.0574 e. The first-order chi connectivity index (χ1) is 6.34. The molecule has 4 bridgehead atoms. The third kappa shape index (κ3) is 0.665. The number of aliphatic hydroxyl groups is 1. The van der Waals surface area contributed by atoms with Crippen molar-refractivity contribution in [3.63, 3.8) is 0 Å². The smallest absolute Gasteiger partial charge is 0.0574 e. The molecule has 1 N–H and O–H groups in total. The fourth-order valence-corrected chi connectivity index (χ4v) is 4.98. The molecule has 4 aliphatic carbocycles. The standard InChI is InChI=1S/C12H16O/c13-10-5-8-4-9(10)12-7-2-1-6(3-7)11(8)12/h1-2,6-13H,3-5H2/t6-,7+,8+,9-,10-,11+,12-/m0/s1. The Kier molecular flexibility index (Phi) is 1.10. The minimum absolute atomic E-state index is 0.0546. The second kappa shape index (κ2) is 2.03. The number of aliphatic hydroxyl groups excluding tert-OH is 1. The Labute approximate surface area is 78.8 Å². The van der Waals surface area contributed by atoms with E-state index in [1.54, 1.807) is 0 Å². The minimum Gasteiger partial charge on any atom is -0.393 e. The van der Waals surface area contributed by atoms with Crippen LogP contribution in [0.4, 0.5) is 0 Å². The van der Waals surface area contributed by atoms with Gasteiger partial charge in [-0.3, -0.25) is 0 Å². The lowest BCUT2D eigenvalue weighted by Gasteiger charge is -2.34. The maximum atomic E-state index is 9.87. The van der Waals surface area contributed by atoms with Crippen LogP contribution in [0.5, 0.6) is 0 Å². The van der Waals surface area contributed by atoms with Gasteiger partial charge in [0.25, 0.3) is 0 Å². The topological polar surface area (TPSA) is 20.2 Å². The SMILES string of the molecule is O[C@H]1C[C@H]2C[C@@H]1[C@H]1[C@@H]2[C@H]2C=C[C@@H]1C2. The van der Waals surface area contributed by atoms with Crippen molar-refractivity contribution in [1.82, 2.24) is 0 Å². The average Bonchev–Trinajstić information content (AvgIpc) is 2.78. The number of rotatable bonds is 0. The summed E-state index contributed by atoms with van der Waals surface area (Å²) < 4.78 is 0. The molecule has 0 spiro atoms. The Morgan fingerprint density at radius 1 is 0.923 bits per heavy atom. The lowest BCUT2D eigenvalue weighted by Crippen LogP contribution is -2.33. The zero-order valence-electron chi connectivity index (χ0n) is 7.76. The van der Waals surface area contributed by atoms with E-state index in [-0.39, 0.29) is 6.10 Å². The number of fused-ring (bicyclic) bond motifs is 9. The van der Waals surface area contributed by atoms with Crippen LogP contribution in [0.25, 0.3) is 0 Å². The van der Waals surface area contributed by atoms with Crippen molar-refractivity contribution in [2.75, 3.05) is 0 Å². The van der Waals surface area contributed by atoms with E-state index in [0.29, 0.717) is 5.92 Å². The number of hydrogen-bond donors (Lipinski definition) is 1. The molecule has 1 heteroatoms. The molecule has 3 saturated carbocycles. The Morgan fingerprint density at radius 3 is 2.54 bits per heavy atom. The second-order valence-electron chi connectivity index (χ2n) is 5.57. The van der Waals surface area contributed by atoms with Crippen LogP contribution < -0.4 is 0 Å². The van der Waals surface area contributed by atoms with Gasteiger partial charge in [-0.25, -0.2) is 0 Å². The molecule has 4 rings (SSSR count). The highest BCUT2D eigenvalue weighted by Gasteiger charge is 2.60. The van der Waals surface area contributed by atoms with Gasteiger partial charge in [0, 0.05) is 0 Å². The van der Waals surface area contributed by atoms with Crippen molar-refractivity contribution in [1.29, 1.82) is 0 Å². The highest BCUT2D eigenvalue weighted by molar-refractivity contribution is 5.20. The van der Waals surface area contributed by atoms with Crippen LogP contribution in [0.1, 0.15) is 19.3 Å². The van der Waals surface area contributed by atoms with E-state index in [4.69, 9.17) is 0 Å². The lowest BCUT2D eigenvalue weighted by molar-refractivity contribution is 0.0484. The summed E-state index contributed by atoms with van der Waals surface area (Å²) in [5.74, 6) is 5.16. The second-order valence-corrected chi connectivity index (χ2v) is 5.57. The van der Waals surface area contributed by atoms with Gasteiger partial charge in [0.2, 0.25) is 0 Å². The largest absolute Gasteiger partial charge is 0.393 e. The normalized spacial score (nSPS) is 66.4. The van der Waals surface area contributed by atoms with Crippen LogP contribution >= 0.6 is 0 Å². The van der Waals surface area contributed by atoms with E-state index in [1.165, 1.54) is 12.8 Å². The van der Waals surface area contributed by atoms with Crippen LogP contribution in [0.2, 0.25) is 0 Å². The Bertz CT molecular complexity index is 283. The summed E-state index contributed by atoms with van der Waals surface area (Å²) in [6.45, 7) is 0. The van der Waals surface area contributed by atoms with Crippen molar-refractivity contribution in [3.05, 3.63) is 12.2 Å². The predicted molar refractivity (Wildman–Crippen MR) is 49.9 cm³/mol. The molecule has 0 aromatic rings. The van der Waals surface area contributed by atoms with Gasteiger partial charge in [0.1, 0.15) is 0 Å². The molecule has 70 valence electrons. The first kappa shape index (κ1) is 7.05. The van der Waals surface area contributed by atoms with Gasteiger partial charge in [-0.15, -0.1) is 0 Å². The van der Waals surface area contributed by atoms with Gasteiger partial charge in [-0.2, -0.15) is 0 Å². The molecule has 4 aliphatic rings. The molecule has 7 atom stereocenters. The Hall–Kier alpha value is -0.300. The van der Waals surface area contributed by atoms with Crippen molar-refractivity contribution >= 4 is 0 Å². The highest BCUT2D eigenvalue weighted by atomic mass is 16.3. The van der Waals surface area contributed by atoms with E-state index < -0.39 is 0 Å². The quantitative estimate of drug-likeness (QED) is 0.441. The molecule has 13 heavy (non-hydrogen) atoms. The Morgan fingerprint density at radius 2 is 1.69 bits per heavy atom. The lowest BCUT2D eigenvalue weighted by atomic mass is 9.72. The molecule has 3 fully saturated rings. The van der Waals surface area contributed by atoms with Gasteiger partial charge in [0.15, 0.2) is 0 Å². The molecule has 1 nitrogen and oxygen atoms in total. The third-order valence-corrected chi connectivity index (χ3v) is 5.24. The third-order valence-electron chi connectivity index (χ3n) is 5.24. The average molecular weight is 176 g/mol. The zero-order chi connectivity index (χ0) is 8.58. The van der Waals surface area contributed by atoms with Crippen molar-refractivity contribution < 1.29 is 5.11 Å². The summed E-state index contributed by atoms with van der Waals surface area (Å²) in [4.78, 5) is 0. The predicted octanol–water partition coefficient (Wildman–Crippen LogP) is 1.83. The molecule has 0 unspecified atom stereocenters. The molecular weight excluding hydrogens is 160 g/mol. The maximum absolute atomic E-state index is 9.87. The van der Waals surface area contributed by atoms with Crippen molar-refractivity contribution in [2.45, 2.75) is 25.4 Å². The van der Waals surface area contributed by atoms with Crippen LogP contribution in [0.3, 0.4) is 0 Å². The monoisotopic (exact) mass is 176 g/mol.